The van der Waals surface area contributed by atoms with Crippen molar-refractivity contribution in [2.24, 2.45) is 5.92 Å². The number of carbonyl (C=O) groups excluding carboxylic acids is 2. The number of alkyl halides is 3. The first kappa shape index (κ1) is 18.9. The Kier molecular flexibility index (Phi) is 5.21. The summed E-state index contributed by atoms with van der Waals surface area (Å²) in [6.45, 7) is 2.02. The summed E-state index contributed by atoms with van der Waals surface area (Å²) in [6.07, 6.45) is -4.43. The van der Waals surface area contributed by atoms with E-state index >= 15 is 0 Å². The zero-order valence-electron chi connectivity index (χ0n) is 14.7. The molecule has 2 aromatic carbocycles. The third kappa shape index (κ3) is 4.48. The van der Waals surface area contributed by atoms with Crippen LogP contribution in [0.1, 0.15) is 23.1 Å². The second-order valence-electron chi connectivity index (χ2n) is 6.68. The third-order valence-electron chi connectivity index (χ3n) is 4.61. The van der Waals surface area contributed by atoms with Crippen LogP contribution in [-0.2, 0) is 22.3 Å². The minimum absolute atomic E-state index is 0.0522. The Morgan fingerprint density at radius 3 is 2.56 bits per heavy atom. The number of nitrogens with zero attached hydrogens (tertiary/aromatic N) is 1. The molecule has 2 aromatic rings. The topological polar surface area (TPSA) is 49.4 Å². The highest BCUT2D eigenvalue weighted by Crippen LogP contribution is 2.33. The van der Waals surface area contributed by atoms with Crippen molar-refractivity contribution in [3.05, 3.63) is 65.2 Å². The van der Waals surface area contributed by atoms with Crippen molar-refractivity contribution >= 4 is 17.5 Å². The van der Waals surface area contributed by atoms with Gasteiger partial charge in [-0.3, -0.25) is 9.59 Å². The second-order valence-corrected chi connectivity index (χ2v) is 6.68. The number of benzene rings is 2. The zero-order valence-corrected chi connectivity index (χ0v) is 14.7. The number of carbonyl (C=O) groups is 2. The van der Waals surface area contributed by atoms with Crippen LogP contribution in [0.5, 0.6) is 0 Å². The Balaban J connectivity index is 1.66. The fraction of sp³-hybridized carbons (Fsp3) is 0.300. The molecule has 1 atom stereocenters. The molecule has 142 valence electrons. The monoisotopic (exact) mass is 376 g/mol. The lowest BCUT2D eigenvalue weighted by molar-refractivity contribution is -0.138. The van der Waals surface area contributed by atoms with E-state index in [2.05, 4.69) is 5.32 Å². The van der Waals surface area contributed by atoms with Gasteiger partial charge in [0.2, 0.25) is 11.8 Å². The molecule has 0 aliphatic carbocycles. The molecular weight excluding hydrogens is 357 g/mol. The summed E-state index contributed by atoms with van der Waals surface area (Å²) in [5, 5.41) is 2.51. The average Bonchev–Trinajstić information content (AvgIpc) is 2.97. The number of hydrogen-bond acceptors (Lipinski definition) is 2. The summed E-state index contributed by atoms with van der Waals surface area (Å²) >= 11 is 0. The molecule has 1 saturated heterocycles. The predicted octanol–water partition coefficient (Wildman–Crippen LogP) is 4.00. The first-order valence-electron chi connectivity index (χ1n) is 8.54. The standard InChI is InChI=1S/C20H19F3N2O2/c1-13-7-8-16(10-17(13)20(21,22)23)24-19(27)15-9-18(26)25(12-15)11-14-5-3-2-4-6-14/h2-8,10,15H,9,11-12H2,1H3,(H,24,27). The fourth-order valence-corrected chi connectivity index (χ4v) is 3.15. The van der Waals surface area contributed by atoms with Crippen LogP contribution in [0.25, 0.3) is 0 Å². The molecule has 0 saturated carbocycles. The Bertz CT molecular complexity index is 850. The average molecular weight is 376 g/mol. The largest absolute Gasteiger partial charge is 0.416 e. The Hall–Kier alpha value is -2.83. The van der Waals surface area contributed by atoms with Gasteiger partial charge in [-0.05, 0) is 30.2 Å². The van der Waals surface area contributed by atoms with Crippen LogP contribution >= 0.6 is 0 Å². The Morgan fingerprint density at radius 1 is 1.19 bits per heavy atom. The number of halogens is 3. The zero-order chi connectivity index (χ0) is 19.6. The summed E-state index contributed by atoms with van der Waals surface area (Å²) in [5.41, 5.74) is 0.339. The molecule has 1 heterocycles. The molecule has 1 unspecified atom stereocenters. The van der Waals surface area contributed by atoms with Crippen LogP contribution in [0.3, 0.4) is 0 Å². The van der Waals surface area contributed by atoms with Gasteiger partial charge in [-0.15, -0.1) is 0 Å². The molecule has 27 heavy (non-hydrogen) atoms. The number of amides is 2. The molecule has 1 aliphatic rings. The van der Waals surface area contributed by atoms with Gasteiger partial charge in [0.15, 0.2) is 0 Å². The summed E-state index contributed by atoms with van der Waals surface area (Å²) < 4.78 is 39.0. The van der Waals surface area contributed by atoms with Gasteiger partial charge in [-0.25, -0.2) is 0 Å². The lowest BCUT2D eigenvalue weighted by atomic mass is 10.1. The van der Waals surface area contributed by atoms with Crippen molar-refractivity contribution in [2.45, 2.75) is 26.1 Å². The maximum absolute atomic E-state index is 13.0. The minimum Gasteiger partial charge on any atom is -0.338 e. The summed E-state index contributed by atoms with van der Waals surface area (Å²) in [7, 11) is 0. The van der Waals surface area contributed by atoms with Gasteiger partial charge in [0.05, 0.1) is 11.5 Å². The van der Waals surface area contributed by atoms with Crippen LogP contribution in [-0.4, -0.2) is 23.3 Å². The number of anilines is 1. The van der Waals surface area contributed by atoms with E-state index in [4.69, 9.17) is 0 Å². The molecule has 0 spiro atoms. The van der Waals surface area contributed by atoms with Crippen molar-refractivity contribution in [2.75, 3.05) is 11.9 Å². The molecule has 1 fully saturated rings. The molecule has 7 heteroatoms. The Morgan fingerprint density at radius 2 is 1.89 bits per heavy atom. The molecule has 2 amide bonds. The molecule has 0 radical (unpaired) electrons. The summed E-state index contributed by atoms with van der Waals surface area (Å²) in [5.74, 6) is -1.17. The summed E-state index contributed by atoms with van der Waals surface area (Å²) in [6, 6.07) is 13.1. The number of nitrogens with one attached hydrogen (secondary N) is 1. The highest BCUT2D eigenvalue weighted by Gasteiger charge is 2.35. The molecule has 1 aliphatic heterocycles. The van der Waals surface area contributed by atoms with Crippen LogP contribution in [0.15, 0.2) is 48.5 Å². The van der Waals surface area contributed by atoms with Crippen LogP contribution in [0, 0.1) is 12.8 Å². The molecule has 0 aromatic heterocycles. The fourth-order valence-electron chi connectivity index (χ4n) is 3.15. The third-order valence-corrected chi connectivity index (χ3v) is 4.61. The van der Waals surface area contributed by atoms with E-state index in [9.17, 15) is 22.8 Å². The van der Waals surface area contributed by atoms with E-state index in [0.29, 0.717) is 6.54 Å². The van der Waals surface area contributed by atoms with Gasteiger partial charge in [-0.2, -0.15) is 13.2 Å². The van der Waals surface area contributed by atoms with E-state index in [1.165, 1.54) is 19.1 Å². The second kappa shape index (κ2) is 7.42. The van der Waals surface area contributed by atoms with Crippen molar-refractivity contribution in [1.29, 1.82) is 0 Å². The smallest absolute Gasteiger partial charge is 0.338 e. The van der Waals surface area contributed by atoms with E-state index < -0.39 is 23.6 Å². The van der Waals surface area contributed by atoms with Crippen molar-refractivity contribution in [3.8, 4) is 0 Å². The Labute approximate surface area is 155 Å². The van der Waals surface area contributed by atoms with Gasteiger partial charge in [0.1, 0.15) is 0 Å². The van der Waals surface area contributed by atoms with Crippen LogP contribution in [0.2, 0.25) is 0 Å². The van der Waals surface area contributed by atoms with Crippen molar-refractivity contribution in [1.82, 2.24) is 4.90 Å². The van der Waals surface area contributed by atoms with Crippen molar-refractivity contribution in [3.63, 3.8) is 0 Å². The first-order chi connectivity index (χ1) is 12.7. The van der Waals surface area contributed by atoms with Gasteiger partial charge >= 0.3 is 6.18 Å². The normalized spacial score (nSPS) is 17.3. The molecule has 3 rings (SSSR count). The van der Waals surface area contributed by atoms with E-state index in [-0.39, 0.29) is 30.1 Å². The first-order valence-corrected chi connectivity index (χ1v) is 8.54. The van der Waals surface area contributed by atoms with Crippen molar-refractivity contribution < 1.29 is 22.8 Å². The van der Waals surface area contributed by atoms with E-state index in [1.807, 2.05) is 30.3 Å². The maximum Gasteiger partial charge on any atom is 0.416 e. The lowest BCUT2D eigenvalue weighted by Gasteiger charge is -2.17. The maximum atomic E-state index is 13.0. The van der Waals surface area contributed by atoms with E-state index in [1.54, 1.807) is 4.90 Å². The van der Waals surface area contributed by atoms with E-state index in [0.717, 1.165) is 11.6 Å². The molecule has 0 bridgehead atoms. The molecule has 4 nitrogen and oxygen atoms in total. The highest BCUT2D eigenvalue weighted by molar-refractivity contribution is 5.97. The van der Waals surface area contributed by atoms with Gasteiger partial charge in [0.25, 0.3) is 0 Å². The van der Waals surface area contributed by atoms with Crippen LogP contribution in [0.4, 0.5) is 18.9 Å². The van der Waals surface area contributed by atoms with Crippen LogP contribution < -0.4 is 5.32 Å². The number of likely N-dealkylation sites (tertiary alicyclic amines) is 1. The number of rotatable bonds is 4. The van der Waals surface area contributed by atoms with Gasteiger partial charge < -0.3 is 10.2 Å². The van der Waals surface area contributed by atoms with Gasteiger partial charge in [-0.1, -0.05) is 36.4 Å². The summed E-state index contributed by atoms with van der Waals surface area (Å²) in [4.78, 5) is 26.2. The molecular formula is C20H19F3N2O2. The SMILES string of the molecule is Cc1ccc(NC(=O)C2CC(=O)N(Cc3ccccc3)C2)cc1C(F)(F)F. The lowest BCUT2D eigenvalue weighted by Crippen LogP contribution is -2.28. The molecule has 1 N–H and O–H groups in total. The number of hydrogen-bond donors (Lipinski definition) is 1. The highest BCUT2D eigenvalue weighted by atomic mass is 19.4. The van der Waals surface area contributed by atoms with Gasteiger partial charge in [0, 0.05) is 25.2 Å². The quantitative estimate of drug-likeness (QED) is 0.877. The number of aryl methyl sites for hydroxylation is 1. The minimum atomic E-state index is -4.49. The predicted molar refractivity (Wildman–Crippen MR) is 94.8 cm³/mol.